The average Bonchev–Trinajstić information content (AvgIpc) is 3.84. The van der Waals surface area contributed by atoms with Crippen molar-refractivity contribution in [2.24, 2.45) is 17.8 Å². The lowest BCUT2D eigenvalue weighted by atomic mass is 9.82. The molecule has 0 radical (unpaired) electrons. The number of allylic oxidation sites excluding steroid dienone is 3. The zero-order valence-corrected chi connectivity index (χ0v) is 34.8. The fraction of sp³-hybridized carbons (Fsp3) is 0.590. The molecule has 8 unspecified atom stereocenters. The second-order valence-electron chi connectivity index (χ2n) is 15.2. The normalized spacial score (nSPS) is 30.2. The summed E-state index contributed by atoms with van der Waals surface area (Å²) in [6, 6.07) is 2.27. The third-order valence-corrected chi connectivity index (χ3v) is 12.5. The molecule has 16 nitrogen and oxygen atoms in total. The van der Waals surface area contributed by atoms with Gasteiger partial charge in [-0.2, -0.15) is 0 Å². The highest BCUT2D eigenvalue weighted by Gasteiger charge is 2.64. The second kappa shape index (κ2) is 18.5. The van der Waals surface area contributed by atoms with Crippen molar-refractivity contribution in [3.8, 4) is 5.75 Å². The number of rotatable bonds is 11. The molecule has 18 heteroatoms. The SMILES string of the molecule is COc1cc2cc(c1Cl)N(C)C(=O)CC(OC(=O)[C@H](C)N(C)C(=O)CC(CSCC(=O)O)C(=O)O)C1(C)OC1C(C)C1CC(O)(NC(=O)O1)C(C)/C=C/C=C(\C)C2. The topological polar surface area (TPSA) is 222 Å². The molecular formula is C39H52ClN3O13S. The van der Waals surface area contributed by atoms with E-state index in [1.165, 1.54) is 33.0 Å². The van der Waals surface area contributed by atoms with Crippen LogP contribution in [0.15, 0.2) is 35.9 Å². The van der Waals surface area contributed by atoms with Crippen molar-refractivity contribution in [2.75, 3.05) is 37.6 Å². The van der Waals surface area contributed by atoms with Gasteiger partial charge in [-0.15, -0.1) is 11.8 Å². The molecule has 2 fully saturated rings. The molecule has 3 aliphatic heterocycles. The van der Waals surface area contributed by atoms with Crippen LogP contribution in [-0.2, 0) is 44.6 Å². The summed E-state index contributed by atoms with van der Waals surface area (Å²) in [5.74, 6) is -7.01. The fourth-order valence-electron chi connectivity index (χ4n) is 6.98. The summed E-state index contributed by atoms with van der Waals surface area (Å²) in [5.41, 5.74) is -0.938. The van der Waals surface area contributed by atoms with Crippen LogP contribution in [-0.4, -0.2) is 124 Å². The van der Waals surface area contributed by atoms with Gasteiger partial charge in [-0.05, 0) is 44.9 Å². The van der Waals surface area contributed by atoms with Gasteiger partial charge in [0.2, 0.25) is 11.8 Å². The van der Waals surface area contributed by atoms with E-state index in [0.29, 0.717) is 17.9 Å². The van der Waals surface area contributed by atoms with E-state index in [1.54, 1.807) is 45.1 Å². The quantitative estimate of drug-likeness (QED) is 0.183. The number of likely N-dealkylation sites (N-methyl/N-ethyl adjacent to an activating group) is 1. The van der Waals surface area contributed by atoms with Gasteiger partial charge in [0.05, 0.1) is 37.0 Å². The molecule has 1 aromatic rings. The van der Waals surface area contributed by atoms with Crippen molar-refractivity contribution in [2.45, 2.75) is 96.0 Å². The minimum atomic E-state index is -1.68. The second-order valence-corrected chi connectivity index (χ2v) is 16.6. The molecule has 4 N–H and O–H groups in total. The van der Waals surface area contributed by atoms with Crippen molar-refractivity contribution in [3.05, 3.63) is 46.5 Å². The van der Waals surface area contributed by atoms with Crippen LogP contribution in [0.2, 0.25) is 5.02 Å². The minimum Gasteiger partial charge on any atom is -0.495 e. The number of carboxylic acid groups (broad SMARTS) is 2. The van der Waals surface area contributed by atoms with Gasteiger partial charge in [-0.1, -0.05) is 49.2 Å². The van der Waals surface area contributed by atoms with Gasteiger partial charge >= 0.3 is 24.0 Å². The molecule has 57 heavy (non-hydrogen) atoms. The summed E-state index contributed by atoms with van der Waals surface area (Å²) in [6.07, 6.45) is 1.34. The van der Waals surface area contributed by atoms with E-state index in [2.05, 4.69) is 5.32 Å². The Bertz CT molecular complexity index is 1810. The number of carbonyl (C=O) groups is 6. The number of alkyl carbamates (subject to hydrolysis) is 1. The Labute approximate surface area is 340 Å². The molecule has 9 atom stereocenters. The van der Waals surface area contributed by atoms with E-state index in [0.717, 1.165) is 27.8 Å². The number of esters is 1. The Kier molecular flexibility index (Phi) is 14.7. The van der Waals surface area contributed by atoms with E-state index >= 15 is 0 Å². The van der Waals surface area contributed by atoms with Crippen LogP contribution in [0.5, 0.6) is 5.75 Å². The van der Waals surface area contributed by atoms with Gasteiger partial charge in [0.25, 0.3) is 0 Å². The maximum absolute atomic E-state index is 14.2. The number of carboxylic acids is 2. The number of hydrogen-bond donors (Lipinski definition) is 4. The number of epoxide rings is 1. The van der Waals surface area contributed by atoms with Crippen LogP contribution in [0, 0.1) is 17.8 Å². The van der Waals surface area contributed by atoms with Crippen molar-refractivity contribution >= 4 is 64.9 Å². The number of methoxy groups -OCH3 is 1. The number of nitrogens with zero attached hydrogens (tertiary/aromatic N) is 2. The largest absolute Gasteiger partial charge is 0.495 e. The standard InChI is InChI=1S/C39H52ClN3O13S/c1-20-10-9-11-21(2)39(52)17-28(54-37(51)41-39)22(3)34-38(5,56-34)29(16-31(45)43(7)26-13-24(12-20)14-27(53-8)33(26)40)55-36(50)23(4)42(6)30(44)15-25(35(48)49)18-57-19-32(46)47/h9-11,13-14,21-23,25,28-29,34,52H,12,15-19H2,1-8H3,(H,41,51)(H,46,47)(H,48,49)/b11-9+,20-10+/t21?,22?,23-,25?,28?,29?,34?,38?,39?/m0/s1. The number of amides is 3. The predicted molar refractivity (Wildman–Crippen MR) is 210 cm³/mol. The van der Waals surface area contributed by atoms with Crippen LogP contribution in [0.4, 0.5) is 10.5 Å². The molecular weight excluding hydrogens is 786 g/mol. The highest BCUT2D eigenvalue weighted by Crippen LogP contribution is 2.49. The average molecular weight is 838 g/mol. The Balaban J connectivity index is 1.68. The number of carbonyl (C=O) groups excluding carboxylic acids is 4. The molecule has 3 amide bonds. The molecule has 0 aromatic heterocycles. The Morgan fingerprint density at radius 1 is 1.19 bits per heavy atom. The number of hydrogen-bond acceptors (Lipinski definition) is 12. The number of benzene rings is 1. The predicted octanol–water partition coefficient (Wildman–Crippen LogP) is 4.04. The van der Waals surface area contributed by atoms with Gasteiger partial charge in [-0.3, -0.25) is 24.5 Å². The number of halogens is 1. The lowest BCUT2D eigenvalue weighted by Crippen LogP contribution is -2.60. The molecule has 2 saturated heterocycles. The Morgan fingerprint density at radius 3 is 2.51 bits per heavy atom. The summed E-state index contributed by atoms with van der Waals surface area (Å²) >= 11 is 7.60. The zero-order valence-electron chi connectivity index (χ0n) is 33.3. The van der Waals surface area contributed by atoms with Crippen molar-refractivity contribution in [3.63, 3.8) is 0 Å². The minimum absolute atomic E-state index is 0.00358. The molecule has 0 aliphatic carbocycles. The van der Waals surface area contributed by atoms with E-state index in [-0.39, 0.29) is 22.9 Å². The number of fused-ring (bicyclic) bond motifs is 5. The fourth-order valence-corrected chi connectivity index (χ4v) is 8.13. The molecule has 0 spiro atoms. The molecule has 314 valence electrons. The number of thioether (sulfide) groups is 1. The van der Waals surface area contributed by atoms with Gasteiger partial charge in [0.1, 0.15) is 40.3 Å². The maximum atomic E-state index is 14.2. The summed E-state index contributed by atoms with van der Waals surface area (Å²) in [7, 11) is 4.29. The van der Waals surface area contributed by atoms with Gasteiger partial charge < -0.3 is 44.1 Å². The first-order valence-corrected chi connectivity index (χ1v) is 20.0. The van der Waals surface area contributed by atoms with Crippen molar-refractivity contribution in [1.82, 2.24) is 10.2 Å². The smallest absolute Gasteiger partial charge is 0.409 e. The summed E-state index contributed by atoms with van der Waals surface area (Å²) in [4.78, 5) is 79.1. The molecule has 4 rings (SSSR count). The third kappa shape index (κ3) is 10.8. The monoisotopic (exact) mass is 837 g/mol. The van der Waals surface area contributed by atoms with Crippen LogP contribution < -0.4 is 15.0 Å². The summed E-state index contributed by atoms with van der Waals surface area (Å²) < 4.78 is 23.4. The van der Waals surface area contributed by atoms with Gasteiger partial charge in [0, 0.05) is 44.5 Å². The number of aliphatic carboxylic acids is 2. The number of ether oxygens (including phenoxy) is 4. The first kappa shape index (κ1) is 45.4. The molecule has 0 saturated carbocycles. The molecule has 4 bridgehead atoms. The van der Waals surface area contributed by atoms with E-state index < -0.39 is 102 Å². The molecule has 3 aliphatic rings. The first-order chi connectivity index (χ1) is 26.6. The van der Waals surface area contributed by atoms with Crippen LogP contribution in [0.3, 0.4) is 0 Å². The number of aliphatic hydroxyl groups is 1. The third-order valence-electron chi connectivity index (χ3n) is 11.0. The first-order valence-electron chi connectivity index (χ1n) is 18.5. The highest BCUT2D eigenvalue weighted by atomic mass is 35.5. The molecule has 1 aromatic carbocycles. The number of anilines is 1. The Morgan fingerprint density at radius 2 is 1.88 bits per heavy atom. The number of nitrogens with one attached hydrogen (secondary N) is 1. The van der Waals surface area contributed by atoms with Crippen LogP contribution >= 0.6 is 23.4 Å². The Hall–Kier alpha value is -4.32. The molecule has 3 heterocycles. The lowest BCUT2D eigenvalue weighted by molar-refractivity contribution is -0.162. The van der Waals surface area contributed by atoms with Crippen LogP contribution in [0.25, 0.3) is 0 Å². The van der Waals surface area contributed by atoms with E-state index in [9.17, 15) is 39.0 Å². The van der Waals surface area contributed by atoms with E-state index in [4.69, 9.17) is 35.7 Å². The summed E-state index contributed by atoms with van der Waals surface area (Å²) in [6.45, 7) is 8.49. The zero-order chi connectivity index (χ0) is 42.6. The van der Waals surface area contributed by atoms with Crippen molar-refractivity contribution < 1.29 is 63.0 Å². The van der Waals surface area contributed by atoms with Crippen LogP contribution in [0.1, 0.15) is 59.4 Å². The lowest BCUT2D eigenvalue weighted by Gasteiger charge is -2.41. The van der Waals surface area contributed by atoms with Gasteiger partial charge in [-0.25, -0.2) is 9.59 Å². The maximum Gasteiger partial charge on any atom is 0.409 e. The van der Waals surface area contributed by atoms with E-state index in [1.807, 2.05) is 13.0 Å². The summed E-state index contributed by atoms with van der Waals surface area (Å²) in [5, 5.41) is 33.0. The van der Waals surface area contributed by atoms with Gasteiger partial charge in [0.15, 0.2) is 0 Å². The highest BCUT2D eigenvalue weighted by molar-refractivity contribution is 7.99. The van der Waals surface area contributed by atoms with Crippen molar-refractivity contribution in [1.29, 1.82) is 0 Å².